The van der Waals surface area contributed by atoms with Crippen molar-refractivity contribution >= 4 is 5.88 Å². The highest BCUT2D eigenvalue weighted by Gasteiger charge is 2.34. The summed E-state index contributed by atoms with van der Waals surface area (Å²) in [6, 6.07) is 1.73. The van der Waals surface area contributed by atoms with Crippen LogP contribution in [0.1, 0.15) is 25.5 Å². The van der Waals surface area contributed by atoms with Gasteiger partial charge in [-0.15, -0.1) is 0 Å². The van der Waals surface area contributed by atoms with Gasteiger partial charge in [-0.2, -0.15) is 0 Å². The first kappa shape index (κ1) is 7.61. The van der Waals surface area contributed by atoms with Gasteiger partial charge in [0.15, 0.2) is 0 Å². The fraction of sp³-hybridized carbons (Fsp3) is 0.625. The van der Waals surface area contributed by atoms with Crippen LogP contribution in [0.4, 0.5) is 5.88 Å². The molecular formula is C8H12N2O2. The van der Waals surface area contributed by atoms with Crippen molar-refractivity contribution in [2.75, 3.05) is 12.3 Å². The molecule has 1 aromatic rings. The van der Waals surface area contributed by atoms with Gasteiger partial charge in [-0.05, 0) is 19.8 Å². The van der Waals surface area contributed by atoms with Gasteiger partial charge in [0.05, 0.1) is 0 Å². The van der Waals surface area contributed by atoms with Gasteiger partial charge < -0.3 is 15.0 Å². The third-order valence-corrected chi connectivity index (χ3v) is 2.29. The van der Waals surface area contributed by atoms with E-state index in [4.69, 9.17) is 15.0 Å². The molecule has 1 fully saturated rings. The highest BCUT2D eigenvalue weighted by molar-refractivity contribution is 5.27. The Balaban J connectivity index is 2.28. The predicted octanol–water partition coefficient (Wildman–Crippen LogP) is 1.28. The molecule has 1 aromatic heterocycles. The summed E-state index contributed by atoms with van der Waals surface area (Å²) in [5.41, 5.74) is 5.95. The average Bonchev–Trinajstić information content (AvgIpc) is 2.59. The summed E-state index contributed by atoms with van der Waals surface area (Å²) in [7, 11) is 0. The molecule has 2 N–H and O–H groups in total. The zero-order valence-electron chi connectivity index (χ0n) is 7.04. The molecule has 0 spiro atoms. The van der Waals surface area contributed by atoms with E-state index in [-0.39, 0.29) is 5.60 Å². The van der Waals surface area contributed by atoms with Crippen LogP contribution in [0, 0.1) is 0 Å². The number of aromatic nitrogens is 1. The molecule has 0 radical (unpaired) electrons. The molecule has 0 bridgehead atoms. The second kappa shape index (κ2) is 2.48. The van der Waals surface area contributed by atoms with Crippen LogP contribution in [0.2, 0.25) is 0 Å². The first-order valence-corrected chi connectivity index (χ1v) is 4.07. The summed E-state index contributed by atoms with van der Waals surface area (Å²) < 4.78 is 10.4. The van der Waals surface area contributed by atoms with Crippen LogP contribution in [0.15, 0.2) is 10.6 Å². The van der Waals surface area contributed by atoms with Crippen molar-refractivity contribution in [3.05, 3.63) is 11.8 Å². The van der Waals surface area contributed by atoms with Gasteiger partial charge >= 0.3 is 0 Å². The minimum atomic E-state index is -0.277. The number of ether oxygens (including phenoxy) is 1. The summed E-state index contributed by atoms with van der Waals surface area (Å²) in [6.45, 7) is 2.81. The van der Waals surface area contributed by atoms with E-state index in [9.17, 15) is 0 Å². The number of rotatable bonds is 1. The molecule has 1 atom stereocenters. The van der Waals surface area contributed by atoms with Gasteiger partial charge in [-0.3, -0.25) is 0 Å². The Kier molecular flexibility index (Phi) is 1.58. The van der Waals surface area contributed by atoms with E-state index in [0.717, 1.165) is 25.1 Å². The molecule has 0 unspecified atom stereocenters. The van der Waals surface area contributed by atoms with Gasteiger partial charge in [-0.1, -0.05) is 5.16 Å². The lowest BCUT2D eigenvalue weighted by Crippen LogP contribution is -2.20. The van der Waals surface area contributed by atoms with E-state index in [1.165, 1.54) is 0 Å². The summed E-state index contributed by atoms with van der Waals surface area (Å²) >= 11 is 0. The van der Waals surface area contributed by atoms with E-state index in [0.29, 0.717) is 5.88 Å². The standard InChI is InChI=1S/C8H12N2O2/c1-8(3-2-4-11-8)6-5-7(9)12-10-6/h5H,2-4,9H2,1H3/t8-/m0/s1. The maximum Gasteiger partial charge on any atom is 0.222 e. The van der Waals surface area contributed by atoms with Crippen molar-refractivity contribution in [3.8, 4) is 0 Å². The molecule has 4 heteroatoms. The molecule has 0 amide bonds. The number of hydrogen-bond acceptors (Lipinski definition) is 4. The molecule has 2 heterocycles. The maximum atomic E-state index is 5.56. The Labute approximate surface area is 70.7 Å². The number of hydrogen-bond donors (Lipinski definition) is 1. The van der Waals surface area contributed by atoms with Crippen LogP contribution < -0.4 is 5.73 Å². The third kappa shape index (κ3) is 1.08. The first-order valence-electron chi connectivity index (χ1n) is 4.07. The van der Waals surface area contributed by atoms with Crippen molar-refractivity contribution in [2.45, 2.75) is 25.4 Å². The summed E-state index contributed by atoms with van der Waals surface area (Å²) in [6.07, 6.45) is 2.06. The van der Waals surface area contributed by atoms with Crippen molar-refractivity contribution in [2.24, 2.45) is 0 Å². The van der Waals surface area contributed by atoms with E-state index >= 15 is 0 Å². The fourth-order valence-corrected chi connectivity index (χ4v) is 1.52. The van der Waals surface area contributed by atoms with Gasteiger partial charge in [-0.25, -0.2) is 0 Å². The lowest BCUT2D eigenvalue weighted by Gasteiger charge is -2.18. The Bertz CT molecular complexity index is 276. The van der Waals surface area contributed by atoms with Crippen molar-refractivity contribution < 1.29 is 9.26 Å². The Hall–Kier alpha value is -1.03. The number of nitrogens with zero attached hydrogens (tertiary/aromatic N) is 1. The molecule has 0 aromatic carbocycles. The smallest absolute Gasteiger partial charge is 0.222 e. The van der Waals surface area contributed by atoms with Crippen LogP contribution in [-0.4, -0.2) is 11.8 Å². The SMILES string of the molecule is C[C@@]1(c2cc(N)on2)CCCO1. The van der Waals surface area contributed by atoms with E-state index in [1.807, 2.05) is 6.92 Å². The summed E-state index contributed by atoms with van der Waals surface area (Å²) in [4.78, 5) is 0. The van der Waals surface area contributed by atoms with Crippen LogP contribution in [0.25, 0.3) is 0 Å². The van der Waals surface area contributed by atoms with Crippen LogP contribution in [0.5, 0.6) is 0 Å². The fourth-order valence-electron chi connectivity index (χ4n) is 1.52. The predicted molar refractivity (Wildman–Crippen MR) is 43.5 cm³/mol. The maximum absolute atomic E-state index is 5.56. The Morgan fingerprint density at radius 2 is 2.50 bits per heavy atom. The summed E-state index contributed by atoms with van der Waals surface area (Å²) in [5, 5.41) is 3.84. The van der Waals surface area contributed by atoms with Crippen LogP contribution in [-0.2, 0) is 10.3 Å². The average molecular weight is 168 g/mol. The normalized spacial score (nSPS) is 29.4. The monoisotopic (exact) mass is 168 g/mol. The molecule has 1 aliphatic heterocycles. The van der Waals surface area contributed by atoms with Crippen molar-refractivity contribution in [1.29, 1.82) is 0 Å². The van der Waals surface area contributed by atoms with Gasteiger partial charge in [0.1, 0.15) is 11.3 Å². The number of nitrogen functional groups attached to an aromatic ring is 1. The number of anilines is 1. The Morgan fingerprint density at radius 1 is 1.67 bits per heavy atom. The van der Waals surface area contributed by atoms with E-state index in [1.54, 1.807) is 6.07 Å². The molecule has 0 aliphatic carbocycles. The molecule has 4 nitrogen and oxygen atoms in total. The molecule has 12 heavy (non-hydrogen) atoms. The van der Waals surface area contributed by atoms with Crippen molar-refractivity contribution in [1.82, 2.24) is 5.16 Å². The molecule has 2 rings (SSSR count). The lowest BCUT2D eigenvalue weighted by atomic mass is 9.99. The molecule has 0 saturated carbocycles. The van der Waals surface area contributed by atoms with Crippen LogP contribution >= 0.6 is 0 Å². The molecular weight excluding hydrogens is 156 g/mol. The van der Waals surface area contributed by atoms with Gasteiger partial charge in [0, 0.05) is 12.7 Å². The molecule has 1 saturated heterocycles. The first-order chi connectivity index (χ1) is 5.71. The Morgan fingerprint density at radius 3 is 3.00 bits per heavy atom. The minimum absolute atomic E-state index is 0.277. The zero-order chi connectivity index (χ0) is 8.60. The third-order valence-electron chi connectivity index (χ3n) is 2.29. The van der Waals surface area contributed by atoms with Crippen molar-refractivity contribution in [3.63, 3.8) is 0 Å². The van der Waals surface area contributed by atoms with E-state index < -0.39 is 0 Å². The minimum Gasteiger partial charge on any atom is -0.369 e. The highest BCUT2D eigenvalue weighted by atomic mass is 16.5. The quantitative estimate of drug-likeness (QED) is 0.686. The topological polar surface area (TPSA) is 61.3 Å². The molecule has 1 aliphatic rings. The largest absolute Gasteiger partial charge is 0.369 e. The number of nitrogens with two attached hydrogens (primary N) is 1. The second-order valence-corrected chi connectivity index (χ2v) is 3.30. The van der Waals surface area contributed by atoms with Crippen LogP contribution in [0.3, 0.4) is 0 Å². The van der Waals surface area contributed by atoms with Gasteiger partial charge in [0.25, 0.3) is 0 Å². The lowest BCUT2D eigenvalue weighted by molar-refractivity contribution is 0.0109. The second-order valence-electron chi connectivity index (χ2n) is 3.30. The van der Waals surface area contributed by atoms with E-state index in [2.05, 4.69) is 5.16 Å². The summed E-state index contributed by atoms with van der Waals surface area (Å²) in [5.74, 6) is 0.349. The van der Waals surface area contributed by atoms with Gasteiger partial charge in [0.2, 0.25) is 5.88 Å². The molecule has 66 valence electrons. The highest BCUT2D eigenvalue weighted by Crippen LogP contribution is 2.35. The zero-order valence-corrected chi connectivity index (χ0v) is 7.04.